The molecule has 20 heteroatoms. The van der Waals surface area contributed by atoms with Gasteiger partial charge in [0.1, 0.15) is 12.7 Å². The lowest BCUT2D eigenvalue weighted by atomic mass is 10.3. The van der Waals surface area contributed by atoms with Gasteiger partial charge in [0.05, 0.1) is 17.8 Å². The van der Waals surface area contributed by atoms with Gasteiger partial charge in [-0.2, -0.15) is 26.3 Å². The molecule has 0 unspecified atom stereocenters. The van der Waals surface area contributed by atoms with Crippen molar-refractivity contribution >= 4 is 69.1 Å². The van der Waals surface area contributed by atoms with E-state index < -0.39 is 36.3 Å². The van der Waals surface area contributed by atoms with Crippen LogP contribution in [-0.2, 0) is 0 Å². The van der Waals surface area contributed by atoms with Crippen molar-refractivity contribution in [3.05, 3.63) is 153 Å². The molecule has 4 heterocycles. The summed E-state index contributed by atoms with van der Waals surface area (Å²) >= 11 is 13.9. The highest BCUT2D eigenvalue weighted by atomic mass is 35.5. The predicted molar refractivity (Wildman–Crippen MR) is 226 cm³/mol. The van der Waals surface area contributed by atoms with E-state index in [1.807, 2.05) is 60.7 Å². The lowest BCUT2D eigenvalue weighted by Gasteiger charge is -2.13. The molecule has 8 rings (SSSR count). The van der Waals surface area contributed by atoms with Gasteiger partial charge in [-0.25, -0.2) is 19.9 Å². The van der Waals surface area contributed by atoms with Gasteiger partial charge < -0.3 is 0 Å². The van der Waals surface area contributed by atoms with E-state index in [-0.39, 0.29) is 39.8 Å². The largest absolute Gasteiger partial charge is 0.389 e. The molecule has 0 saturated heterocycles. The van der Waals surface area contributed by atoms with Gasteiger partial charge in [-0.15, -0.1) is 0 Å². The van der Waals surface area contributed by atoms with Gasteiger partial charge in [0.25, 0.3) is 11.1 Å². The van der Waals surface area contributed by atoms with Crippen molar-refractivity contribution in [2.24, 2.45) is 0 Å². The number of rotatable bonds is 11. The van der Waals surface area contributed by atoms with Crippen molar-refractivity contribution in [3.8, 4) is 22.7 Å². The summed E-state index contributed by atoms with van der Waals surface area (Å²) in [4.78, 5) is 44.1. The minimum absolute atomic E-state index is 0.0827. The fourth-order valence-corrected chi connectivity index (χ4v) is 8.12. The summed E-state index contributed by atoms with van der Waals surface area (Å²) < 4.78 is 81.5. The second kappa shape index (κ2) is 18.6. The van der Waals surface area contributed by atoms with Gasteiger partial charge >= 0.3 is 12.4 Å². The van der Waals surface area contributed by atoms with Crippen LogP contribution in [0.3, 0.4) is 0 Å². The summed E-state index contributed by atoms with van der Waals surface area (Å²) in [5.41, 5.74) is 2.51. The summed E-state index contributed by atoms with van der Waals surface area (Å²) in [6.07, 6.45) is -7.50. The third-order valence-corrected chi connectivity index (χ3v) is 11.2. The normalized spacial score (nSPS) is 11.9. The zero-order valence-electron chi connectivity index (χ0n) is 31.3. The Bertz CT molecular complexity index is 2890. The Morgan fingerprint density at radius 1 is 0.508 bits per heavy atom. The number of halogens is 8. The smallest absolute Gasteiger partial charge is 0.283 e. The molecule has 8 aromatic rings. The maximum atomic E-state index is 13.3. The number of hydrogen-bond acceptors (Lipinski definition) is 8. The van der Waals surface area contributed by atoms with Gasteiger partial charge in [0.2, 0.25) is 0 Å². The molecule has 0 atom stereocenters. The van der Waals surface area contributed by atoms with Gasteiger partial charge in [-0.1, -0.05) is 83.1 Å². The number of para-hydroxylation sites is 2. The lowest BCUT2D eigenvalue weighted by molar-refractivity contribution is -0.134. The summed E-state index contributed by atoms with van der Waals surface area (Å²) in [5, 5.41) is 1.41. The Morgan fingerprint density at radius 2 is 0.902 bits per heavy atom. The fraction of sp³-hybridized carbons (Fsp3) is 0.171. The number of fused-ring (bicyclic) bond motifs is 2. The average molecular weight is 916 g/mol. The molecule has 0 N–H and O–H groups in total. The van der Waals surface area contributed by atoms with Crippen molar-refractivity contribution in [1.29, 1.82) is 0 Å². The zero-order chi connectivity index (χ0) is 43.3. The van der Waals surface area contributed by atoms with Crippen molar-refractivity contribution in [3.63, 3.8) is 0 Å². The van der Waals surface area contributed by atoms with Crippen LogP contribution in [0.1, 0.15) is 19.3 Å². The topological polar surface area (TPSA) is 105 Å². The molecule has 0 aliphatic heterocycles. The summed E-state index contributed by atoms with van der Waals surface area (Å²) in [7, 11) is 0. The maximum absolute atomic E-state index is 13.3. The summed E-state index contributed by atoms with van der Waals surface area (Å²) in [5.74, 6) is -0.112. The Hall–Kier alpha value is -5.56. The van der Waals surface area contributed by atoms with E-state index in [9.17, 15) is 35.9 Å². The van der Waals surface area contributed by atoms with Crippen LogP contribution in [-0.4, -0.2) is 62.1 Å². The molecular formula is C41H30Cl2F6N8O2S2. The van der Waals surface area contributed by atoms with Crippen LogP contribution in [0.4, 0.5) is 26.3 Å². The van der Waals surface area contributed by atoms with E-state index in [4.69, 9.17) is 23.2 Å². The van der Waals surface area contributed by atoms with Crippen molar-refractivity contribution < 1.29 is 26.3 Å². The second-order valence-electron chi connectivity index (χ2n) is 13.0. The van der Waals surface area contributed by atoms with Crippen molar-refractivity contribution in [1.82, 2.24) is 38.2 Å². The van der Waals surface area contributed by atoms with Crippen LogP contribution in [0.15, 0.2) is 142 Å². The van der Waals surface area contributed by atoms with E-state index in [0.29, 0.717) is 32.2 Å². The Morgan fingerprint density at radius 3 is 1.30 bits per heavy atom. The monoisotopic (exact) mass is 914 g/mol. The highest BCUT2D eigenvalue weighted by molar-refractivity contribution is 7.99. The minimum atomic E-state index is -4.30. The summed E-state index contributed by atoms with van der Waals surface area (Å²) in [6.45, 7) is 0. The molecule has 10 nitrogen and oxygen atoms in total. The number of thioether (sulfide) groups is 2. The Balaban J connectivity index is 0.000000184. The number of alkyl halides is 6. The molecule has 314 valence electrons. The highest BCUT2D eigenvalue weighted by Crippen LogP contribution is 2.29. The molecule has 4 aromatic carbocycles. The first kappa shape index (κ1) is 43.5. The first-order chi connectivity index (χ1) is 29.2. The zero-order valence-corrected chi connectivity index (χ0v) is 34.5. The van der Waals surface area contributed by atoms with E-state index in [2.05, 4.69) is 19.9 Å². The van der Waals surface area contributed by atoms with Crippen molar-refractivity contribution in [2.75, 3.05) is 11.5 Å². The van der Waals surface area contributed by atoms with Gasteiger partial charge in [-0.05, 0) is 79.2 Å². The van der Waals surface area contributed by atoms with Crippen LogP contribution in [0.2, 0.25) is 10.0 Å². The first-order valence-corrected chi connectivity index (χ1v) is 20.9. The fourth-order valence-electron chi connectivity index (χ4n) is 5.94. The molecule has 0 radical (unpaired) electrons. The number of benzene rings is 4. The highest BCUT2D eigenvalue weighted by Gasteiger charge is 2.28. The number of imidazole rings is 2. The lowest BCUT2D eigenvalue weighted by Crippen LogP contribution is -2.22. The molecule has 4 aromatic heterocycles. The second-order valence-corrected chi connectivity index (χ2v) is 16.0. The maximum Gasteiger partial charge on any atom is 0.389 e. The van der Waals surface area contributed by atoms with E-state index in [0.717, 1.165) is 34.9 Å². The quantitative estimate of drug-likeness (QED) is 0.0547. The molecule has 61 heavy (non-hydrogen) atoms. The SMILES string of the molecule is O=c1c2ncn(-c3ccccc3)c2nc(SCCC(F)(F)F)n1-c1ccc(Cl)cc1.O=c1c2ncn(-c3ccccc3)c2nc(SCCCC(F)(F)F)n1-c1ccc(Cl)cc1. The molecule has 0 spiro atoms. The van der Waals surface area contributed by atoms with Gasteiger partial charge in [0, 0.05) is 39.3 Å². The van der Waals surface area contributed by atoms with Crippen LogP contribution < -0.4 is 11.1 Å². The van der Waals surface area contributed by atoms with Crippen LogP contribution >= 0.6 is 46.7 Å². The Labute approximate surface area is 360 Å². The van der Waals surface area contributed by atoms with Crippen molar-refractivity contribution in [2.45, 2.75) is 41.9 Å². The van der Waals surface area contributed by atoms with Gasteiger partial charge in [-0.3, -0.25) is 27.9 Å². The van der Waals surface area contributed by atoms with Crippen LogP contribution in [0.5, 0.6) is 0 Å². The number of hydrogen-bond donors (Lipinski definition) is 0. The standard InChI is InChI=1S/C21H16ClF3N4OS.C20H14ClF3N4OS/c22-14-7-9-16(10-8-14)29-19(30)17-18(27-20(29)31-12-4-11-21(23,24)25)28(13-26-17)15-5-2-1-3-6-15;21-13-6-8-15(9-7-13)28-18(29)16-17(26-19(28)30-11-10-20(22,23)24)27(12-25-16)14-4-2-1-3-5-14/h1-3,5-10,13H,4,11-12H2;1-9,12H,10-11H2. The van der Waals surface area contributed by atoms with Gasteiger partial charge in [0.15, 0.2) is 32.6 Å². The Kier molecular flexibility index (Phi) is 13.3. The molecule has 0 aliphatic carbocycles. The first-order valence-electron chi connectivity index (χ1n) is 18.2. The molecule has 0 bridgehead atoms. The van der Waals surface area contributed by atoms with Crippen LogP contribution in [0.25, 0.3) is 45.1 Å². The molecule has 0 fully saturated rings. The summed E-state index contributed by atoms with van der Waals surface area (Å²) in [6, 6.07) is 31.4. The molecule has 0 aliphatic rings. The molecule has 0 amide bonds. The predicted octanol–water partition coefficient (Wildman–Crippen LogP) is 10.9. The number of aromatic nitrogens is 8. The third-order valence-electron chi connectivity index (χ3n) is 8.77. The third kappa shape index (κ3) is 10.5. The van der Waals surface area contributed by atoms with E-state index in [1.165, 1.54) is 21.8 Å². The van der Waals surface area contributed by atoms with Crippen LogP contribution in [0, 0.1) is 0 Å². The number of nitrogens with zero attached hydrogens (tertiary/aromatic N) is 8. The molecule has 0 saturated carbocycles. The van der Waals surface area contributed by atoms with E-state index in [1.54, 1.807) is 57.7 Å². The molecular weight excluding hydrogens is 886 g/mol. The minimum Gasteiger partial charge on any atom is -0.283 e. The average Bonchev–Trinajstić information content (AvgIpc) is 3.86. The van der Waals surface area contributed by atoms with E-state index >= 15 is 0 Å².